The zero-order valence-electron chi connectivity index (χ0n) is 18.0. The first kappa shape index (κ1) is 24.2. The third-order valence-electron chi connectivity index (χ3n) is 5.45. The second-order valence-electron chi connectivity index (χ2n) is 7.90. The predicted octanol–water partition coefficient (Wildman–Crippen LogP) is 4.73. The monoisotopic (exact) mass is 520 g/mol. The Morgan fingerprint density at radius 1 is 1.10 bits per heavy atom. The van der Waals surface area contributed by atoms with Crippen LogP contribution >= 0.6 is 24.0 Å². The maximum absolute atomic E-state index is 12.1. The highest BCUT2D eigenvalue weighted by Crippen LogP contribution is 2.31. The lowest BCUT2D eigenvalue weighted by Gasteiger charge is -2.26. The SMILES string of the molecule is CCNC(=NCC(c1ccccc1)C(C)C)NCC1CC(=O)Nc2ccccc21.I. The third-order valence-corrected chi connectivity index (χ3v) is 5.45. The number of fused-ring (bicyclic) bond motifs is 1. The summed E-state index contributed by atoms with van der Waals surface area (Å²) in [5.74, 6) is 1.88. The van der Waals surface area contributed by atoms with E-state index in [1.807, 2.05) is 24.3 Å². The molecule has 30 heavy (non-hydrogen) atoms. The Bertz CT molecular complexity index is 838. The van der Waals surface area contributed by atoms with Crippen molar-refractivity contribution < 1.29 is 4.79 Å². The fourth-order valence-corrected chi connectivity index (χ4v) is 3.84. The van der Waals surface area contributed by atoms with Crippen molar-refractivity contribution in [3.63, 3.8) is 0 Å². The number of anilines is 1. The van der Waals surface area contributed by atoms with Gasteiger partial charge in [0.05, 0.1) is 0 Å². The number of halogens is 1. The molecule has 0 aliphatic carbocycles. The van der Waals surface area contributed by atoms with Gasteiger partial charge in [-0.05, 0) is 30.0 Å². The van der Waals surface area contributed by atoms with Gasteiger partial charge < -0.3 is 16.0 Å². The van der Waals surface area contributed by atoms with Gasteiger partial charge in [-0.1, -0.05) is 62.4 Å². The highest BCUT2D eigenvalue weighted by molar-refractivity contribution is 14.0. The van der Waals surface area contributed by atoms with E-state index in [1.54, 1.807) is 0 Å². The molecule has 6 heteroatoms. The molecule has 0 fully saturated rings. The Labute approximate surface area is 197 Å². The molecule has 1 heterocycles. The van der Waals surface area contributed by atoms with Crippen LogP contribution in [0.1, 0.15) is 50.2 Å². The summed E-state index contributed by atoms with van der Waals surface area (Å²) in [5, 5.41) is 9.76. The molecule has 0 radical (unpaired) electrons. The Kier molecular flexibility index (Phi) is 9.62. The summed E-state index contributed by atoms with van der Waals surface area (Å²) in [5.41, 5.74) is 3.42. The van der Waals surface area contributed by atoms with Crippen molar-refractivity contribution in [1.29, 1.82) is 0 Å². The number of para-hydroxylation sites is 1. The van der Waals surface area contributed by atoms with Crippen molar-refractivity contribution in [2.45, 2.75) is 39.0 Å². The Hall–Kier alpha value is -2.09. The van der Waals surface area contributed by atoms with Gasteiger partial charge in [0.2, 0.25) is 5.91 Å². The number of amides is 1. The molecule has 162 valence electrons. The lowest BCUT2D eigenvalue weighted by atomic mass is 9.88. The minimum Gasteiger partial charge on any atom is -0.357 e. The average Bonchev–Trinajstić information content (AvgIpc) is 2.72. The minimum atomic E-state index is 0. The van der Waals surface area contributed by atoms with Crippen molar-refractivity contribution in [2.24, 2.45) is 10.9 Å². The second-order valence-corrected chi connectivity index (χ2v) is 7.90. The Morgan fingerprint density at radius 3 is 2.50 bits per heavy atom. The van der Waals surface area contributed by atoms with Gasteiger partial charge in [0.15, 0.2) is 5.96 Å². The summed E-state index contributed by atoms with van der Waals surface area (Å²) in [6, 6.07) is 18.6. The molecule has 0 aromatic heterocycles. The molecule has 2 unspecified atom stereocenters. The minimum absolute atomic E-state index is 0. The molecule has 1 amide bonds. The zero-order valence-corrected chi connectivity index (χ0v) is 20.4. The van der Waals surface area contributed by atoms with E-state index in [0.29, 0.717) is 24.8 Å². The quantitative estimate of drug-likeness (QED) is 0.281. The molecule has 1 aliphatic heterocycles. The number of guanidine groups is 1. The first-order chi connectivity index (χ1) is 14.1. The van der Waals surface area contributed by atoms with Crippen molar-refractivity contribution in [3.8, 4) is 0 Å². The maximum Gasteiger partial charge on any atom is 0.225 e. The average molecular weight is 520 g/mol. The highest BCUT2D eigenvalue weighted by atomic mass is 127. The van der Waals surface area contributed by atoms with Gasteiger partial charge >= 0.3 is 0 Å². The first-order valence-electron chi connectivity index (χ1n) is 10.5. The van der Waals surface area contributed by atoms with E-state index in [1.165, 1.54) is 11.1 Å². The van der Waals surface area contributed by atoms with Crippen LogP contribution in [0, 0.1) is 5.92 Å². The molecule has 2 aromatic rings. The summed E-state index contributed by atoms with van der Waals surface area (Å²) < 4.78 is 0. The van der Waals surface area contributed by atoms with Crippen molar-refractivity contribution in [2.75, 3.05) is 25.0 Å². The second kappa shape index (κ2) is 11.9. The van der Waals surface area contributed by atoms with Crippen LogP contribution in [-0.4, -0.2) is 31.5 Å². The van der Waals surface area contributed by atoms with Crippen LogP contribution in [0.3, 0.4) is 0 Å². The molecular weight excluding hydrogens is 487 g/mol. The van der Waals surface area contributed by atoms with Gasteiger partial charge in [0.25, 0.3) is 0 Å². The van der Waals surface area contributed by atoms with E-state index in [4.69, 9.17) is 4.99 Å². The number of aliphatic imine (C=N–C) groups is 1. The van der Waals surface area contributed by atoms with E-state index in [9.17, 15) is 4.79 Å². The largest absolute Gasteiger partial charge is 0.357 e. The normalized spacial score (nSPS) is 16.9. The number of carbonyl (C=O) groups excluding carboxylic acids is 1. The number of rotatable bonds is 7. The lowest BCUT2D eigenvalue weighted by Crippen LogP contribution is -2.41. The predicted molar refractivity (Wildman–Crippen MR) is 136 cm³/mol. The molecule has 3 N–H and O–H groups in total. The molecule has 0 saturated heterocycles. The van der Waals surface area contributed by atoms with Gasteiger partial charge in [-0.2, -0.15) is 0 Å². The Morgan fingerprint density at radius 2 is 1.80 bits per heavy atom. The van der Waals surface area contributed by atoms with Gasteiger partial charge in [0, 0.05) is 43.6 Å². The van der Waals surface area contributed by atoms with Crippen molar-refractivity contribution in [1.82, 2.24) is 10.6 Å². The summed E-state index contributed by atoms with van der Waals surface area (Å²) in [4.78, 5) is 16.9. The topological polar surface area (TPSA) is 65.5 Å². The van der Waals surface area contributed by atoms with Crippen LogP contribution in [0.2, 0.25) is 0 Å². The number of hydrogen-bond acceptors (Lipinski definition) is 2. The Balaban J connectivity index is 0.00000320. The standard InChI is InChI=1S/C24H32N4O.HI/c1-4-25-24(27-16-21(17(2)3)18-10-6-5-7-11-18)26-15-19-14-23(29)28-22-13-9-8-12-20(19)22;/h5-13,17,19,21H,4,14-16H2,1-3H3,(H,28,29)(H2,25,26,27);1H. The van der Waals surface area contributed by atoms with Crippen LogP contribution in [0.5, 0.6) is 0 Å². The molecule has 5 nitrogen and oxygen atoms in total. The zero-order chi connectivity index (χ0) is 20.6. The third kappa shape index (κ3) is 6.45. The summed E-state index contributed by atoms with van der Waals surface area (Å²) in [6.07, 6.45) is 0.488. The van der Waals surface area contributed by atoms with E-state index < -0.39 is 0 Å². The van der Waals surface area contributed by atoms with Crippen molar-refractivity contribution in [3.05, 3.63) is 65.7 Å². The van der Waals surface area contributed by atoms with Crippen LogP contribution < -0.4 is 16.0 Å². The molecule has 1 aliphatic rings. The van der Waals surface area contributed by atoms with E-state index in [0.717, 1.165) is 24.7 Å². The lowest BCUT2D eigenvalue weighted by molar-refractivity contribution is -0.116. The molecule has 0 spiro atoms. The number of nitrogens with one attached hydrogen (secondary N) is 3. The van der Waals surface area contributed by atoms with Crippen molar-refractivity contribution >= 4 is 41.5 Å². The fourth-order valence-electron chi connectivity index (χ4n) is 3.84. The first-order valence-corrected chi connectivity index (χ1v) is 10.5. The molecule has 0 saturated carbocycles. The number of hydrogen-bond donors (Lipinski definition) is 3. The van der Waals surface area contributed by atoms with Gasteiger partial charge in [-0.15, -0.1) is 24.0 Å². The van der Waals surface area contributed by atoms with Crippen LogP contribution in [0.4, 0.5) is 5.69 Å². The molecular formula is C24H33IN4O. The van der Waals surface area contributed by atoms with Gasteiger partial charge in [-0.3, -0.25) is 9.79 Å². The van der Waals surface area contributed by atoms with Gasteiger partial charge in [-0.25, -0.2) is 0 Å². The van der Waals surface area contributed by atoms with E-state index in [2.05, 4.69) is 67.1 Å². The van der Waals surface area contributed by atoms with E-state index in [-0.39, 0.29) is 35.8 Å². The summed E-state index contributed by atoms with van der Waals surface area (Å²) >= 11 is 0. The number of carbonyl (C=O) groups is 1. The van der Waals surface area contributed by atoms with Crippen LogP contribution in [0.15, 0.2) is 59.6 Å². The molecule has 2 atom stereocenters. The summed E-state index contributed by atoms with van der Waals surface area (Å²) in [7, 11) is 0. The highest BCUT2D eigenvalue weighted by Gasteiger charge is 2.25. The smallest absolute Gasteiger partial charge is 0.225 e. The molecule has 2 aromatic carbocycles. The molecule has 3 rings (SSSR count). The number of nitrogens with zero attached hydrogens (tertiary/aromatic N) is 1. The van der Waals surface area contributed by atoms with Crippen LogP contribution in [0.25, 0.3) is 0 Å². The fraction of sp³-hybridized carbons (Fsp3) is 0.417. The maximum atomic E-state index is 12.1. The van der Waals surface area contributed by atoms with Crippen LogP contribution in [-0.2, 0) is 4.79 Å². The van der Waals surface area contributed by atoms with E-state index >= 15 is 0 Å². The number of benzene rings is 2. The summed E-state index contributed by atoms with van der Waals surface area (Å²) in [6.45, 7) is 8.74. The molecule has 0 bridgehead atoms. The van der Waals surface area contributed by atoms with Gasteiger partial charge in [0.1, 0.15) is 0 Å².